The number of furan rings is 1. The van der Waals surface area contributed by atoms with Gasteiger partial charge in [0, 0.05) is 16.5 Å². The summed E-state index contributed by atoms with van der Waals surface area (Å²) in [4.78, 5) is 28.5. The fourth-order valence-electron chi connectivity index (χ4n) is 2.93. The van der Waals surface area contributed by atoms with Crippen LogP contribution in [0.25, 0.3) is 22.4 Å². The highest BCUT2D eigenvalue weighted by molar-refractivity contribution is 6.07. The number of pyridine rings is 1. The van der Waals surface area contributed by atoms with Gasteiger partial charge in [0.1, 0.15) is 5.69 Å². The summed E-state index contributed by atoms with van der Waals surface area (Å²) in [5.41, 5.74) is 4.27. The summed E-state index contributed by atoms with van der Waals surface area (Å²) in [5.74, 6) is -1.24. The van der Waals surface area contributed by atoms with Crippen molar-refractivity contribution in [2.24, 2.45) is 5.10 Å². The van der Waals surface area contributed by atoms with Gasteiger partial charge in [-0.05, 0) is 24.3 Å². The van der Waals surface area contributed by atoms with Gasteiger partial charge in [-0.3, -0.25) is 4.79 Å². The van der Waals surface area contributed by atoms with Crippen LogP contribution in [0.2, 0.25) is 0 Å². The van der Waals surface area contributed by atoms with Gasteiger partial charge >= 0.3 is 0 Å². The van der Waals surface area contributed by atoms with Crippen LogP contribution in [0.4, 0.5) is 0 Å². The van der Waals surface area contributed by atoms with Gasteiger partial charge in [-0.2, -0.15) is 5.10 Å². The second-order valence-corrected chi connectivity index (χ2v) is 6.12. The van der Waals surface area contributed by atoms with E-state index in [4.69, 9.17) is 4.42 Å². The van der Waals surface area contributed by atoms with Crippen molar-refractivity contribution >= 4 is 29.0 Å². The number of aromatic nitrogens is 1. The van der Waals surface area contributed by atoms with E-state index in [1.807, 2.05) is 12.1 Å². The number of nitrogens with zero attached hydrogens (tertiary/aromatic N) is 2. The first-order chi connectivity index (χ1) is 14.1. The van der Waals surface area contributed by atoms with E-state index in [1.54, 1.807) is 48.5 Å². The average molecular weight is 384 g/mol. The second kappa shape index (κ2) is 7.77. The number of benzene rings is 2. The number of nitrogens with one attached hydrogen (secondary N) is 1. The predicted molar refractivity (Wildman–Crippen MR) is 105 cm³/mol. The van der Waals surface area contributed by atoms with Crippen LogP contribution in [0.3, 0.4) is 0 Å². The molecule has 2 aromatic carbocycles. The molecular weight excluding hydrogens is 370 g/mol. The lowest BCUT2D eigenvalue weighted by molar-refractivity contribution is -0.255. The van der Waals surface area contributed by atoms with Crippen molar-refractivity contribution in [2.75, 3.05) is 0 Å². The summed E-state index contributed by atoms with van der Waals surface area (Å²) in [5, 5.41) is 15.7. The predicted octanol–water partition coefficient (Wildman–Crippen LogP) is 2.62. The molecule has 0 fully saturated rings. The largest absolute Gasteiger partial charge is 0.545 e. The molecule has 2 heterocycles. The maximum atomic E-state index is 12.8. The monoisotopic (exact) mass is 384 g/mol. The van der Waals surface area contributed by atoms with E-state index in [-0.39, 0.29) is 5.56 Å². The highest BCUT2D eigenvalue weighted by Crippen LogP contribution is 2.25. The lowest BCUT2D eigenvalue weighted by Gasteiger charge is -2.08. The summed E-state index contributed by atoms with van der Waals surface area (Å²) >= 11 is 0. The molecule has 7 heteroatoms. The van der Waals surface area contributed by atoms with E-state index in [9.17, 15) is 14.7 Å². The van der Waals surface area contributed by atoms with Crippen LogP contribution in [0.15, 0.2) is 82.5 Å². The first kappa shape index (κ1) is 18.1. The second-order valence-electron chi connectivity index (χ2n) is 6.12. The van der Waals surface area contributed by atoms with Crippen LogP contribution in [0.5, 0.6) is 0 Å². The number of hydrazone groups is 1. The molecule has 142 valence electrons. The average Bonchev–Trinajstić information content (AvgIpc) is 3.28. The van der Waals surface area contributed by atoms with Crippen molar-refractivity contribution in [2.45, 2.75) is 0 Å². The molecule has 0 saturated heterocycles. The van der Waals surface area contributed by atoms with Crippen molar-refractivity contribution in [1.82, 2.24) is 10.4 Å². The minimum atomic E-state index is -1.32. The van der Waals surface area contributed by atoms with Crippen molar-refractivity contribution in [1.29, 1.82) is 0 Å². The van der Waals surface area contributed by atoms with E-state index in [0.717, 1.165) is 0 Å². The number of fused-ring (bicyclic) bond motifs is 1. The maximum absolute atomic E-state index is 12.8. The molecule has 1 amide bonds. The Morgan fingerprint density at radius 3 is 2.59 bits per heavy atom. The fourth-order valence-corrected chi connectivity index (χ4v) is 2.93. The zero-order valence-electron chi connectivity index (χ0n) is 15.0. The standard InChI is InChI=1S/C22H15N3O4/c26-21(25-23-13-14-6-1-2-7-15(14)22(27)28)17-12-19(20-10-5-11-29-20)24-18-9-4-3-8-16(17)18/h1-13H,(H,25,26)(H,27,28)/p-1/b23-13-. The van der Waals surface area contributed by atoms with Gasteiger partial charge in [0.2, 0.25) is 0 Å². The number of amides is 1. The summed E-state index contributed by atoms with van der Waals surface area (Å²) in [6.45, 7) is 0. The lowest BCUT2D eigenvalue weighted by Crippen LogP contribution is -2.24. The van der Waals surface area contributed by atoms with Crippen LogP contribution >= 0.6 is 0 Å². The molecule has 0 spiro atoms. The third-order valence-corrected chi connectivity index (χ3v) is 4.28. The molecule has 0 aliphatic carbocycles. The minimum absolute atomic E-state index is 0.0139. The Balaban J connectivity index is 1.66. The first-order valence-corrected chi connectivity index (χ1v) is 8.71. The number of carbonyl (C=O) groups excluding carboxylic acids is 2. The molecule has 4 rings (SSSR count). The molecule has 0 aliphatic rings. The number of hydrogen-bond acceptors (Lipinski definition) is 6. The molecule has 0 saturated carbocycles. The van der Waals surface area contributed by atoms with Gasteiger partial charge in [0.05, 0.1) is 29.5 Å². The van der Waals surface area contributed by atoms with Crippen molar-refractivity contribution in [3.63, 3.8) is 0 Å². The molecule has 0 unspecified atom stereocenters. The quantitative estimate of drug-likeness (QED) is 0.420. The van der Waals surface area contributed by atoms with Crippen LogP contribution in [-0.4, -0.2) is 23.1 Å². The molecule has 2 aromatic heterocycles. The number of carboxylic acid groups (broad SMARTS) is 1. The molecule has 1 N–H and O–H groups in total. The maximum Gasteiger partial charge on any atom is 0.272 e. The van der Waals surface area contributed by atoms with Crippen molar-refractivity contribution in [3.05, 3.63) is 89.7 Å². The smallest absolute Gasteiger partial charge is 0.272 e. The van der Waals surface area contributed by atoms with Crippen molar-refractivity contribution < 1.29 is 19.1 Å². The van der Waals surface area contributed by atoms with Gasteiger partial charge in [0.25, 0.3) is 5.91 Å². The zero-order valence-corrected chi connectivity index (χ0v) is 15.0. The van der Waals surface area contributed by atoms with Gasteiger partial charge in [-0.25, -0.2) is 10.4 Å². The number of carboxylic acids is 1. The summed E-state index contributed by atoms with van der Waals surface area (Å²) < 4.78 is 5.39. The normalized spacial score (nSPS) is 11.0. The summed E-state index contributed by atoms with van der Waals surface area (Å²) in [7, 11) is 0. The van der Waals surface area contributed by atoms with Gasteiger partial charge in [-0.15, -0.1) is 0 Å². The van der Waals surface area contributed by atoms with Gasteiger partial charge < -0.3 is 14.3 Å². The number of aromatic carboxylic acids is 1. The van der Waals surface area contributed by atoms with E-state index in [1.165, 1.54) is 18.5 Å². The molecular formula is C22H14N3O4-. The highest BCUT2D eigenvalue weighted by Gasteiger charge is 2.14. The number of para-hydroxylation sites is 1. The van der Waals surface area contributed by atoms with Gasteiger partial charge in [0.15, 0.2) is 5.76 Å². The Hall–Kier alpha value is -4.26. The van der Waals surface area contributed by atoms with E-state index >= 15 is 0 Å². The van der Waals surface area contributed by atoms with Crippen LogP contribution in [0, 0.1) is 0 Å². The minimum Gasteiger partial charge on any atom is -0.545 e. The number of hydrogen-bond donors (Lipinski definition) is 1. The number of rotatable bonds is 5. The lowest BCUT2D eigenvalue weighted by atomic mass is 10.1. The third kappa shape index (κ3) is 3.74. The van der Waals surface area contributed by atoms with E-state index < -0.39 is 11.9 Å². The van der Waals surface area contributed by atoms with Crippen molar-refractivity contribution in [3.8, 4) is 11.5 Å². The Kier molecular flexibility index (Phi) is 4.86. The van der Waals surface area contributed by atoms with E-state index in [0.29, 0.717) is 33.5 Å². The Labute approximate surface area is 165 Å². The third-order valence-electron chi connectivity index (χ3n) is 4.28. The summed E-state index contributed by atoms with van der Waals surface area (Å²) in [6.07, 6.45) is 2.80. The molecule has 4 aromatic rings. The zero-order chi connectivity index (χ0) is 20.2. The Morgan fingerprint density at radius 2 is 1.79 bits per heavy atom. The molecule has 0 atom stereocenters. The topological polar surface area (TPSA) is 108 Å². The van der Waals surface area contributed by atoms with Crippen LogP contribution in [0.1, 0.15) is 26.3 Å². The van der Waals surface area contributed by atoms with E-state index in [2.05, 4.69) is 15.5 Å². The molecule has 29 heavy (non-hydrogen) atoms. The molecule has 0 aliphatic heterocycles. The summed E-state index contributed by atoms with van der Waals surface area (Å²) in [6, 6.07) is 18.6. The van der Waals surface area contributed by atoms with Crippen LogP contribution < -0.4 is 10.5 Å². The molecule has 7 nitrogen and oxygen atoms in total. The van der Waals surface area contributed by atoms with Gasteiger partial charge in [-0.1, -0.05) is 42.5 Å². The Morgan fingerprint density at radius 1 is 1.00 bits per heavy atom. The molecule has 0 radical (unpaired) electrons. The van der Waals surface area contributed by atoms with Crippen LogP contribution in [-0.2, 0) is 0 Å². The fraction of sp³-hybridized carbons (Fsp3) is 0. The Bertz CT molecular complexity index is 1230. The molecule has 0 bridgehead atoms. The SMILES string of the molecule is O=C([O-])c1ccccc1/C=N\NC(=O)c1cc(-c2ccco2)nc2ccccc12. The highest BCUT2D eigenvalue weighted by atomic mass is 16.4. The number of carbonyl (C=O) groups is 2. The first-order valence-electron chi connectivity index (χ1n) is 8.71.